The molecule has 2 rings (SSSR count). The van der Waals surface area contributed by atoms with Crippen molar-refractivity contribution < 1.29 is 0 Å². The second-order valence-corrected chi connectivity index (χ2v) is 4.58. The van der Waals surface area contributed by atoms with Crippen LogP contribution in [-0.2, 0) is 6.54 Å². The third-order valence-electron chi connectivity index (χ3n) is 2.56. The molecule has 5 nitrogen and oxygen atoms in total. The summed E-state index contributed by atoms with van der Waals surface area (Å²) in [7, 11) is 2.01. The van der Waals surface area contributed by atoms with Crippen molar-refractivity contribution in [3.05, 3.63) is 34.3 Å². The fourth-order valence-electron chi connectivity index (χ4n) is 1.70. The first-order chi connectivity index (χ1) is 8.22. The van der Waals surface area contributed by atoms with E-state index < -0.39 is 0 Å². The Kier molecular flexibility index (Phi) is 3.55. The van der Waals surface area contributed by atoms with Crippen LogP contribution in [0.25, 0.3) is 0 Å². The lowest BCUT2D eigenvalue weighted by atomic mass is 10.2. The van der Waals surface area contributed by atoms with Gasteiger partial charge in [0.15, 0.2) is 0 Å². The molecule has 0 radical (unpaired) electrons. The van der Waals surface area contributed by atoms with E-state index in [1.165, 1.54) is 11.9 Å². The average Bonchev–Trinajstić information content (AvgIpc) is 2.82. The number of hydrogen-bond donors (Lipinski definition) is 2. The molecule has 2 aromatic heterocycles. The molecule has 2 heterocycles. The molecule has 0 spiro atoms. The third kappa shape index (κ3) is 2.54. The summed E-state index contributed by atoms with van der Waals surface area (Å²) in [4.78, 5) is 10.4. The van der Waals surface area contributed by atoms with Gasteiger partial charge < -0.3 is 10.3 Å². The van der Waals surface area contributed by atoms with Gasteiger partial charge in [-0.15, -0.1) is 0 Å². The third-order valence-corrected chi connectivity index (χ3v) is 3.29. The number of hydrazine groups is 1. The van der Waals surface area contributed by atoms with Gasteiger partial charge in [0, 0.05) is 19.2 Å². The summed E-state index contributed by atoms with van der Waals surface area (Å²) >= 11 is 1.70. The van der Waals surface area contributed by atoms with Gasteiger partial charge in [0.25, 0.3) is 0 Å². The van der Waals surface area contributed by atoms with Crippen LogP contribution in [0.15, 0.2) is 23.2 Å². The fourth-order valence-corrected chi connectivity index (χ4v) is 2.36. The minimum atomic E-state index is 0.659. The van der Waals surface area contributed by atoms with Crippen molar-refractivity contribution >= 4 is 23.0 Å². The van der Waals surface area contributed by atoms with E-state index in [0.717, 1.165) is 17.9 Å². The van der Waals surface area contributed by atoms with Crippen LogP contribution in [0.2, 0.25) is 0 Å². The first kappa shape index (κ1) is 11.8. The maximum Gasteiger partial charge on any atom is 0.148 e. The zero-order valence-electron chi connectivity index (χ0n) is 9.84. The van der Waals surface area contributed by atoms with Gasteiger partial charge in [-0.3, -0.25) is 0 Å². The number of nitrogens with zero attached hydrogens (tertiary/aromatic N) is 3. The molecule has 3 N–H and O–H groups in total. The van der Waals surface area contributed by atoms with Gasteiger partial charge in [-0.25, -0.2) is 15.8 Å². The van der Waals surface area contributed by atoms with Gasteiger partial charge >= 0.3 is 0 Å². The van der Waals surface area contributed by atoms with Crippen molar-refractivity contribution in [1.82, 2.24) is 9.97 Å². The lowest BCUT2D eigenvalue weighted by Crippen LogP contribution is -2.20. The topological polar surface area (TPSA) is 67.1 Å². The molecule has 0 fully saturated rings. The molecule has 90 valence electrons. The van der Waals surface area contributed by atoms with Crippen molar-refractivity contribution in [1.29, 1.82) is 0 Å². The number of nitrogen functional groups attached to an aromatic ring is 1. The van der Waals surface area contributed by atoms with Crippen LogP contribution in [0, 0.1) is 6.92 Å². The Hall–Kier alpha value is -1.66. The SMILES string of the molecule is Cc1c(NN)ncnc1N(C)Cc1ccsc1. The summed E-state index contributed by atoms with van der Waals surface area (Å²) in [6.45, 7) is 2.78. The van der Waals surface area contributed by atoms with Gasteiger partial charge in [-0.05, 0) is 29.3 Å². The highest BCUT2D eigenvalue weighted by Gasteiger charge is 2.10. The Balaban J connectivity index is 2.22. The van der Waals surface area contributed by atoms with Gasteiger partial charge in [0.1, 0.15) is 18.0 Å². The maximum absolute atomic E-state index is 5.40. The quantitative estimate of drug-likeness (QED) is 0.638. The molecular weight excluding hydrogens is 234 g/mol. The van der Waals surface area contributed by atoms with Gasteiger partial charge in [0.2, 0.25) is 0 Å². The lowest BCUT2D eigenvalue weighted by molar-refractivity contribution is 0.885. The zero-order chi connectivity index (χ0) is 12.3. The van der Waals surface area contributed by atoms with E-state index in [1.54, 1.807) is 11.3 Å². The molecule has 0 amide bonds. The maximum atomic E-state index is 5.40. The van der Waals surface area contributed by atoms with Crippen LogP contribution >= 0.6 is 11.3 Å². The minimum absolute atomic E-state index is 0.659. The Morgan fingerprint density at radius 3 is 2.94 bits per heavy atom. The summed E-state index contributed by atoms with van der Waals surface area (Å²) < 4.78 is 0. The molecule has 0 atom stereocenters. The first-order valence-corrected chi connectivity index (χ1v) is 6.17. The average molecular weight is 249 g/mol. The molecule has 2 aromatic rings. The minimum Gasteiger partial charge on any atom is -0.355 e. The fraction of sp³-hybridized carbons (Fsp3) is 0.273. The highest BCUT2D eigenvalue weighted by molar-refractivity contribution is 7.07. The molecule has 0 saturated carbocycles. The lowest BCUT2D eigenvalue weighted by Gasteiger charge is -2.20. The summed E-state index contributed by atoms with van der Waals surface area (Å²) in [6.07, 6.45) is 1.52. The number of aromatic nitrogens is 2. The predicted molar refractivity (Wildman–Crippen MR) is 71.0 cm³/mol. The number of rotatable bonds is 4. The van der Waals surface area contributed by atoms with Crippen LogP contribution in [0.1, 0.15) is 11.1 Å². The normalized spacial score (nSPS) is 10.3. The van der Waals surface area contributed by atoms with Crippen LogP contribution < -0.4 is 16.2 Å². The summed E-state index contributed by atoms with van der Waals surface area (Å²) in [5.41, 5.74) is 4.80. The van der Waals surface area contributed by atoms with Gasteiger partial charge in [0.05, 0.1) is 0 Å². The van der Waals surface area contributed by atoms with Crippen molar-refractivity contribution in [3.63, 3.8) is 0 Å². The number of nitrogens with two attached hydrogens (primary N) is 1. The zero-order valence-corrected chi connectivity index (χ0v) is 10.7. The smallest absolute Gasteiger partial charge is 0.148 e. The van der Waals surface area contributed by atoms with Crippen molar-refractivity contribution in [3.8, 4) is 0 Å². The monoisotopic (exact) mass is 249 g/mol. The molecular formula is C11H15N5S. The van der Waals surface area contributed by atoms with Crippen LogP contribution in [-0.4, -0.2) is 17.0 Å². The summed E-state index contributed by atoms with van der Waals surface area (Å²) in [6, 6.07) is 2.11. The largest absolute Gasteiger partial charge is 0.355 e. The van der Waals surface area contributed by atoms with E-state index in [4.69, 9.17) is 5.84 Å². The number of hydrogen-bond acceptors (Lipinski definition) is 6. The molecule has 6 heteroatoms. The van der Waals surface area contributed by atoms with Crippen LogP contribution in [0.4, 0.5) is 11.6 Å². The van der Waals surface area contributed by atoms with E-state index in [9.17, 15) is 0 Å². The molecule has 0 aromatic carbocycles. The molecule has 0 bridgehead atoms. The molecule has 0 aliphatic carbocycles. The first-order valence-electron chi connectivity index (χ1n) is 5.22. The molecule has 0 aliphatic heterocycles. The second-order valence-electron chi connectivity index (χ2n) is 3.80. The Bertz CT molecular complexity index is 483. The van der Waals surface area contributed by atoms with Crippen LogP contribution in [0.5, 0.6) is 0 Å². The second kappa shape index (κ2) is 5.11. The number of nitrogens with one attached hydrogen (secondary N) is 1. The number of anilines is 2. The van der Waals surface area contributed by atoms with E-state index in [-0.39, 0.29) is 0 Å². The summed E-state index contributed by atoms with van der Waals surface area (Å²) in [5, 5.41) is 4.21. The Morgan fingerprint density at radius 2 is 2.29 bits per heavy atom. The molecule has 17 heavy (non-hydrogen) atoms. The van der Waals surface area contributed by atoms with Crippen LogP contribution in [0.3, 0.4) is 0 Å². The molecule has 0 saturated heterocycles. The number of thiophene rings is 1. The van der Waals surface area contributed by atoms with Crippen molar-refractivity contribution in [2.75, 3.05) is 17.4 Å². The van der Waals surface area contributed by atoms with Gasteiger partial charge in [-0.1, -0.05) is 0 Å². The standard InChI is InChI=1S/C11H15N5S/c1-8-10(15-12)13-7-14-11(8)16(2)5-9-3-4-17-6-9/h3-4,6-7H,5,12H2,1-2H3,(H,13,14,15). The van der Waals surface area contributed by atoms with Crippen molar-refractivity contribution in [2.45, 2.75) is 13.5 Å². The van der Waals surface area contributed by atoms with E-state index in [0.29, 0.717) is 5.82 Å². The van der Waals surface area contributed by atoms with Crippen molar-refractivity contribution in [2.24, 2.45) is 5.84 Å². The van der Waals surface area contributed by atoms with E-state index >= 15 is 0 Å². The molecule has 0 unspecified atom stereocenters. The van der Waals surface area contributed by atoms with E-state index in [1.807, 2.05) is 14.0 Å². The molecule has 0 aliphatic rings. The Labute approximate surface area is 104 Å². The predicted octanol–water partition coefficient (Wildman–Crippen LogP) is 1.77. The van der Waals surface area contributed by atoms with Gasteiger partial charge in [-0.2, -0.15) is 11.3 Å². The Morgan fingerprint density at radius 1 is 1.47 bits per heavy atom. The highest BCUT2D eigenvalue weighted by atomic mass is 32.1. The highest BCUT2D eigenvalue weighted by Crippen LogP contribution is 2.22. The van der Waals surface area contributed by atoms with E-state index in [2.05, 4.69) is 37.1 Å². The summed E-state index contributed by atoms with van der Waals surface area (Å²) in [5.74, 6) is 6.95.